The molecule has 108 valence electrons. The molecule has 7 heteroatoms. The zero-order valence-electron chi connectivity index (χ0n) is 10.6. The van der Waals surface area contributed by atoms with Crippen molar-refractivity contribution in [3.05, 3.63) is 63.1 Å². The Morgan fingerprint density at radius 1 is 1.05 bits per heavy atom. The predicted octanol–water partition coefficient (Wildman–Crippen LogP) is 4.97. The van der Waals surface area contributed by atoms with Gasteiger partial charge in [0.1, 0.15) is 0 Å². The van der Waals surface area contributed by atoms with Crippen LogP contribution in [0.15, 0.2) is 47.6 Å². The van der Waals surface area contributed by atoms with Crippen molar-refractivity contribution in [1.29, 1.82) is 0 Å². The Hall–Kier alpha value is -1.33. The number of nitrogens with one attached hydrogen (secondary N) is 2. The van der Waals surface area contributed by atoms with Crippen molar-refractivity contribution in [2.24, 2.45) is 5.10 Å². The molecule has 2 aromatic carbocycles. The molecule has 0 saturated carbocycles. The summed E-state index contributed by atoms with van der Waals surface area (Å²) in [6.45, 7) is 0. The molecular formula is C14H10Cl3N3S. The van der Waals surface area contributed by atoms with Gasteiger partial charge in [-0.1, -0.05) is 53.0 Å². The first-order valence-corrected chi connectivity index (χ1v) is 7.40. The molecule has 0 aromatic heterocycles. The number of anilines is 1. The lowest BCUT2D eigenvalue weighted by Gasteiger charge is -2.09. The molecule has 0 unspecified atom stereocenters. The molecule has 0 radical (unpaired) electrons. The molecule has 0 bridgehead atoms. The summed E-state index contributed by atoms with van der Waals surface area (Å²) >= 11 is 23.0. The second-order valence-corrected chi connectivity index (χ2v) is 5.63. The monoisotopic (exact) mass is 357 g/mol. The largest absolute Gasteiger partial charge is 0.330 e. The van der Waals surface area contributed by atoms with E-state index in [4.69, 9.17) is 47.0 Å². The fraction of sp³-hybridized carbons (Fsp3) is 0. The Labute approximate surface area is 142 Å². The summed E-state index contributed by atoms with van der Waals surface area (Å²) in [6.07, 6.45) is 1.58. The molecule has 2 rings (SSSR count). The highest BCUT2D eigenvalue weighted by molar-refractivity contribution is 7.80. The van der Waals surface area contributed by atoms with Gasteiger partial charge in [-0.3, -0.25) is 5.43 Å². The minimum atomic E-state index is 0.294. The van der Waals surface area contributed by atoms with Crippen molar-refractivity contribution in [3.63, 3.8) is 0 Å². The van der Waals surface area contributed by atoms with Crippen LogP contribution in [0.5, 0.6) is 0 Å². The average molecular weight is 359 g/mol. The van der Waals surface area contributed by atoms with Crippen LogP contribution in [-0.4, -0.2) is 11.3 Å². The maximum Gasteiger partial charge on any atom is 0.191 e. The summed E-state index contributed by atoms with van der Waals surface area (Å²) in [6, 6.07) is 12.4. The maximum atomic E-state index is 6.03. The molecule has 2 aromatic rings. The summed E-state index contributed by atoms with van der Waals surface area (Å²) in [5, 5.41) is 8.90. The van der Waals surface area contributed by atoms with Crippen LogP contribution in [0.25, 0.3) is 0 Å². The van der Waals surface area contributed by atoms with E-state index in [-0.39, 0.29) is 0 Å². The summed E-state index contributed by atoms with van der Waals surface area (Å²) < 4.78 is 0. The van der Waals surface area contributed by atoms with Crippen molar-refractivity contribution in [1.82, 2.24) is 5.43 Å². The Morgan fingerprint density at radius 2 is 1.81 bits per heavy atom. The van der Waals surface area contributed by atoms with Crippen LogP contribution in [-0.2, 0) is 0 Å². The van der Waals surface area contributed by atoms with Crippen LogP contribution >= 0.6 is 47.0 Å². The first kappa shape index (κ1) is 16.0. The van der Waals surface area contributed by atoms with Crippen LogP contribution in [0.1, 0.15) is 5.56 Å². The van der Waals surface area contributed by atoms with Crippen LogP contribution in [0.4, 0.5) is 5.69 Å². The Balaban J connectivity index is 1.96. The van der Waals surface area contributed by atoms with Gasteiger partial charge in [0, 0.05) is 15.6 Å². The van der Waals surface area contributed by atoms with Gasteiger partial charge in [0.25, 0.3) is 0 Å². The fourth-order valence-electron chi connectivity index (χ4n) is 1.48. The second kappa shape index (κ2) is 7.61. The highest BCUT2D eigenvalue weighted by Gasteiger charge is 2.03. The fourth-order valence-corrected chi connectivity index (χ4v) is 2.17. The first-order chi connectivity index (χ1) is 10.1. The number of hydrogen-bond donors (Lipinski definition) is 2. The number of halogens is 3. The smallest absolute Gasteiger partial charge is 0.191 e. The van der Waals surface area contributed by atoms with E-state index in [0.29, 0.717) is 25.9 Å². The zero-order valence-corrected chi connectivity index (χ0v) is 13.7. The van der Waals surface area contributed by atoms with Gasteiger partial charge < -0.3 is 5.32 Å². The maximum absolute atomic E-state index is 6.03. The van der Waals surface area contributed by atoms with E-state index in [2.05, 4.69) is 15.8 Å². The quantitative estimate of drug-likeness (QED) is 0.462. The van der Waals surface area contributed by atoms with Gasteiger partial charge in [-0.25, -0.2) is 0 Å². The molecule has 0 amide bonds. The number of nitrogens with zero attached hydrogens (tertiary/aromatic N) is 1. The van der Waals surface area contributed by atoms with Gasteiger partial charge >= 0.3 is 0 Å². The van der Waals surface area contributed by atoms with E-state index >= 15 is 0 Å². The molecule has 0 aliphatic carbocycles. The molecular weight excluding hydrogens is 349 g/mol. The topological polar surface area (TPSA) is 36.4 Å². The van der Waals surface area contributed by atoms with Crippen molar-refractivity contribution in [3.8, 4) is 0 Å². The third kappa shape index (κ3) is 4.86. The third-order valence-electron chi connectivity index (χ3n) is 2.45. The molecule has 21 heavy (non-hydrogen) atoms. The summed E-state index contributed by atoms with van der Waals surface area (Å²) in [5.74, 6) is 0. The number of thiocarbonyl (C=S) groups is 1. The van der Waals surface area contributed by atoms with Crippen molar-refractivity contribution in [2.75, 3.05) is 5.32 Å². The molecule has 2 N–H and O–H groups in total. The van der Waals surface area contributed by atoms with Gasteiger partial charge in [-0.2, -0.15) is 5.10 Å². The third-order valence-corrected chi connectivity index (χ3v) is 3.55. The van der Waals surface area contributed by atoms with Crippen LogP contribution in [0, 0.1) is 0 Å². The highest BCUT2D eigenvalue weighted by Crippen LogP contribution is 2.25. The van der Waals surface area contributed by atoms with E-state index < -0.39 is 0 Å². The average Bonchev–Trinajstić information content (AvgIpc) is 2.45. The zero-order chi connectivity index (χ0) is 15.2. The van der Waals surface area contributed by atoms with Crippen molar-refractivity contribution in [2.45, 2.75) is 0 Å². The highest BCUT2D eigenvalue weighted by atomic mass is 35.5. The second-order valence-electron chi connectivity index (χ2n) is 3.97. The van der Waals surface area contributed by atoms with Gasteiger partial charge in [-0.05, 0) is 36.5 Å². The normalized spacial score (nSPS) is 10.6. The summed E-state index contributed by atoms with van der Waals surface area (Å²) in [5.41, 5.74) is 4.08. The van der Waals surface area contributed by atoms with E-state index in [0.717, 1.165) is 5.56 Å². The number of benzene rings is 2. The van der Waals surface area contributed by atoms with Gasteiger partial charge in [0.2, 0.25) is 0 Å². The molecule has 0 aliphatic rings. The molecule has 0 saturated heterocycles. The molecule has 0 atom stereocenters. The minimum absolute atomic E-state index is 0.294. The standard InChI is InChI=1S/C14H10Cl3N3S/c15-10-5-6-12(17)13(7-10)19-14(21)20-18-8-9-3-1-2-4-11(9)16/h1-8H,(H2,19,20,21). The molecule has 3 nitrogen and oxygen atoms in total. The Morgan fingerprint density at radius 3 is 2.57 bits per heavy atom. The Kier molecular flexibility index (Phi) is 5.82. The molecule has 0 fully saturated rings. The molecule has 0 heterocycles. The van der Waals surface area contributed by atoms with Gasteiger partial charge in [-0.15, -0.1) is 0 Å². The minimum Gasteiger partial charge on any atom is -0.330 e. The van der Waals surface area contributed by atoms with Crippen LogP contribution in [0.2, 0.25) is 15.1 Å². The van der Waals surface area contributed by atoms with Gasteiger partial charge in [0.15, 0.2) is 5.11 Å². The number of hydrogen-bond acceptors (Lipinski definition) is 2. The lowest BCUT2D eigenvalue weighted by Crippen LogP contribution is -2.24. The van der Waals surface area contributed by atoms with Crippen molar-refractivity contribution < 1.29 is 0 Å². The molecule has 0 spiro atoms. The van der Waals surface area contributed by atoms with E-state index in [1.807, 2.05) is 18.2 Å². The van der Waals surface area contributed by atoms with Gasteiger partial charge in [0.05, 0.1) is 16.9 Å². The molecule has 0 aliphatic heterocycles. The van der Waals surface area contributed by atoms with Crippen LogP contribution in [0.3, 0.4) is 0 Å². The number of rotatable bonds is 3. The first-order valence-electron chi connectivity index (χ1n) is 5.86. The van der Waals surface area contributed by atoms with E-state index in [1.54, 1.807) is 30.5 Å². The van der Waals surface area contributed by atoms with Crippen LogP contribution < -0.4 is 10.7 Å². The summed E-state index contributed by atoms with van der Waals surface area (Å²) in [4.78, 5) is 0. The lowest BCUT2D eigenvalue weighted by molar-refractivity contribution is 1.05. The predicted molar refractivity (Wildman–Crippen MR) is 94.9 cm³/mol. The Bertz CT molecular complexity index is 689. The summed E-state index contributed by atoms with van der Waals surface area (Å²) in [7, 11) is 0. The number of hydrazone groups is 1. The SMILES string of the molecule is S=C(NN=Cc1ccccc1Cl)Nc1cc(Cl)ccc1Cl. The van der Waals surface area contributed by atoms with E-state index in [1.165, 1.54) is 0 Å². The van der Waals surface area contributed by atoms with E-state index in [9.17, 15) is 0 Å². The van der Waals surface area contributed by atoms with Crippen molar-refractivity contribution >= 4 is 64.0 Å². The lowest BCUT2D eigenvalue weighted by atomic mass is 10.2.